The maximum Gasteiger partial charge on any atom is 0.295 e. The van der Waals surface area contributed by atoms with Gasteiger partial charge in [-0.25, -0.2) is 0 Å². The van der Waals surface area contributed by atoms with Gasteiger partial charge in [-0.1, -0.05) is 57.0 Å². The molecule has 0 aliphatic rings. The van der Waals surface area contributed by atoms with Gasteiger partial charge in [-0.2, -0.15) is 8.42 Å². The topological polar surface area (TPSA) is 71.4 Å². The van der Waals surface area contributed by atoms with Crippen molar-refractivity contribution in [1.82, 2.24) is 0 Å². The van der Waals surface area contributed by atoms with Crippen LogP contribution in [0.1, 0.15) is 37.8 Å². The summed E-state index contributed by atoms with van der Waals surface area (Å²) in [7, 11) is -4.22. The van der Waals surface area contributed by atoms with Gasteiger partial charge in [0, 0.05) is 5.39 Å². The lowest BCUT2D eigenvalue weighted by atomic mass is 9.95. The number of aryl methyl sites for hydroxylation is 1. The lowest BCUT2D eigenvalue weighted by molar-refractivity contribution is -0.0979. The highest BCUT2D eigenvalue weighted by molar-refractivity contribution is 7.86. The summed E-state index contributed by atoms with van der Waals surface area (Å²) >= 11 is 0. The minimum absolute atomic E-state index is 0.0981. The number of hydrogen-bond acceptors (Lipinski definition) is 3. The Morgan fingerprint density at radius 1 is 1.05 bits per heavy atom. The van der Waals surface area contributed by atoms with E-state index in [-0.39, 0.29) is 4.90 Å². The molecule has 2 rings (SSSR count). The van der Waals surface area contributed by atoms with Gasteiger partial charge >= 0.3 is 0 Å². The molecule has 5 heteroatoms. The second kappa shape index (κ2) is 8.06. The van der Waals surface area contributed by atoms with Gasteiger partial charge in [0.1, 0.15) is 11.7 Å². The van der Waals surface area contributed by atoms with E-state index in [1.165, 1.54) is 0 Å². The molecule has 0 bridgehead atoms. The summed E-state index contributed by atoms with van der Waals surface area (Å²) in [6, 6.07) is 9.38. The van der Waals surface area contributed by atoms with E-state index in [2.05, 4.69) is 13.0 Å². The van der Waals surface area contributed by atoms with Crippen LogP contribution in [0.5, 0.6) is 0 Å². The van der Waals surface area contributed by atoms with E-state index >= 15 is 0 Å². The minimum Gasteiger partial charge on any atom is -0.307 e. The van der Waals surface area contributed by atoms with Gasteiger partial charge in [0.15, 0.2) is 0 Å². The largest absolute Gasteiger partial charge is 0.307 e. The summed E-state index contributed by atoms with van der Waals surface area (Å²) in [6.45, 7) is 6.08. The summed E-state index contributed by atoms with van der Waals surface area (Å²) < 4.78 is 33.4. The number of carbonyl (C=O) groups excluding carboxylic acids is 1. The third kappa shape index (κ3) is 3.93. The summed E-state index contributed by atoms with van der Waals surface area (Å²) in [5.41, 5.74) is 1.80. The highest BCUT2D eigenvalue weighted by Gasteiger charge is 2.21. The molecule has 0 saturated heterocycles. The summed E-state index contributed by atoms with van der Waals surface area (Å²) in [5, 5.41) is 1.47. The van der Waals surface area contributed by atoms with Crippen LogP contribution in [0.25, 0.3) is 10.8 Å². The molecule has 120 valence electrons. The van der Waals surface area contributed by atoms with E-state index < -0.39 is 10.1 Å². The molecule has 0 amide bonds. The number of carbonyl (C=O) groups is 1. The minimum atomic E-state index is -4.22. The molecule has 1 N–H and O–H groups in total. The Morgan fingerprint density at radius 3 is 2.18 bits per heavy atom. The van der Waals surface area contributed by atoms with Crippen LogP contribution in [-0.4, -0.2) is 19.8 Å². The molecule has 0 spiro atoms. The molecule has 2 aromatic rings. The average molecular weight is 322 g/mol. The molecule has 0 aliphatic heterocycles. The van der Waals surface area contributed by atoms with E-state index in [9.17, 15) is 13.0 Å². The van der Waals surface area contributed by atoms with Gasteiger partial charge < -0.3 is 4.79 Å². The Morgan fingerprint density at radius 2 is 1.64 bits per heavy atom. The van der Waals surface area contributed by atoms with Crippen molar-refractivity contribution in [2.24, 2.45) is 0 Å². The van der Waals surface area contributed by atoms with Crippen LogP contribution in [0.2, 0.25) is 0 Å². The van der Waals surface area contributed by atoms with Crippen LogP contribution in [0.4, 0.5) is 0 Å². The van der Waals surface area contributed by atoms with E-state index in [4.69, 9.17) is 4.79 Å². The fourth-order valence-electron chi connectivity index (χ4n) is 2.72. The normalized spacial score (nSPS) is 11.0. The van der Waals surface area contributed by atoms with Gasteiger partial charge in [-0.05, 0) is 29.4 Å². The maximum atomic E-state index is 11.9. The second-order valence-corrected chi connectivity index (χ2v) is 6.40. The Hall–Kier alpha value is -1.72. The number of benzene rings is 2. The van der Waals surface area contributed by atoms with Gasteiger partial charge in [0.25, 0.3) is 10.1 Å². The maximum absolute atomic E-state index is 11.9. The molecule has 22 heavy (non-hydrogen) atoms. The number of fused-ring (bicyclic) bond motifs is 1. The first-order valence-corrected chi connectivity index (χ1v) is 8.72. The third-order valence-electron chi connectivity index (χ3n) is 3.47. The lowest BCUT2D eigenvalue weighted by Crippen LogP contribution is -2.08. The first-order chi connectivity index (χ1) is 10.5. The molecule has 0 unspecified atom stereocenters. The van der Waals surface area contributed by atoms with E-state index in [1.807, 2.05) is 25.8 Å². The van der Waals surface area contributed by atoms with Gasteiger partial charge in [0.05, 0.1) is 0 Å². The summed E-state index contributed by atoms with van der Waals surface area (Å²) in [5.74, 6) is 0. The van der Waals surface area contributed by atoms with Crippen LogP contribution >= 0.6 is 0 Å². The number of hydrogen-bond donors (Lipinski definition) is 1. The number of rotatable bonds is 5. The van der Waals surface area contributed by atoms with Crippen molar-refractivity contribution in [3.8, 4) is 0 Å². The Balaban J connectivity index is 0.00000116. The first kappa shape index (κ1) is 18.3. The van der Waals surface area contributed by atoms with E-state index in [0.29, 0.717) is 11.8 Å². The SMILES string of the molecule is C=O.CCCc1cc2ccccc2c(S(=O)(=O)O)c1CCC. The van der Waals surface area contributed by atoms with Gasteiger partial charge in [-0.15, -0.1) is 0 Å². The van der Waals surface area contributed by atoms with Gasteiger partial charge in [0.2, 0.25) is 0 Å². The van der Waals surface area contributed by atoms with Crippen LogP contribution in [-0.2, 0) is 27.8 Å². The van der Waals surface area contributed by atoms with Crippen LogP contribution in [0.3, 0.4) is 0 Å². The molecule has 0 aliphatic carbocycles. The van der Waals surface area contributed by atoms with Crippen LogP contribution < -0.4 is 0 Å². The third-order valence-corrected chi connectivity index (χ3v) is 4.46. The highest BCUT2D eigenvalue weighted by Crippen LogP contribution is 2.31. The molecular weight excluding hydrogens is 300 g/mol. The Bertz CT molecular complexity index is 736. The Labute approximate surface area is 131 Å². The predicted molar refractivity (Wildman–Crippen MR) is 88.9 cm³/mol. The zero-order chi connectivity index (χ0) is 16.8. The predicted octanol–water partition coefficient (Wildman–Crippen LogP) is 3.81. The standard InChI is InChI=1S/C16H20O3S.CH2O/c1-3-7-12-11-13-9-5-6-10-15(13)16(20(17,18)19)14(12)8-4-2;1-2/h5-6,9-11H,3-4,7-8H2,1-2H3,(H,17,18,19);1H2. The molecule has 0 heterocycles. The van der Waals surface area contributed by atoms with E-state index in [1.54, 1.807) is 12.1 Å². The zero-order valence-corrected chi connectivity index (χ0v) is 13.8. The fraction of sp³-hybridized carbons (Fsp3) is 0.353. The first-order valence-electron chi connectivity index (χ1n) is 7.28. The average Bonchev–Trinajstić information content (AvgIpc) is 2.49. The summed E-state index contributed by atoms with van der Waals surface area (Å²) in [4.78, 5) is 8.10. The smallest absolute Gasteiger partial charge is 0.295 e. The molecular formula is C17H22O4S. The van der Waals surface area contributed by atoms with Crippen molar-refractivity contribution in [2.45, 2.75) is 44.4 Å². The van der Waals surface area contributed by atoms with Crippen molar-refractivity contribution in [2.75, 3.05) is 0 Å². The Kier molecular flexibility index (Phi) is 6.71. The van der Waals surface area contributed by atoms with Crippen molar-refractivity contribution < 1.29 is 17.8 Å². The monoisotopic (exact) mass is 322 g/mol. The van der Waals surface area contributed by atoms with Crippen molar-refractivity contribution in [3.05, 3.63) is 41.5 Å². The van der Waals surface area contributed by atoms with Crippen LogP contribution in [0, 0.1) is 0 Å². The van der Waals surface area contributed by atoms with Crippen molar-refractivity contribution in [3.63, 3.8) is 0 Å². The van der Waals surface area contributed by atoms with E-state index in [0.717, 1.165) is 35.8 Å². The highest BCUT2D eigenvalue weighted by atomic mass is 32.2. The molecule has 0 atom stereocenters. The molecule has 0 saturated carbocycles. The lowest BCUT2D eigenvalue weighted by Gasteiger charge is -2.15. The molecule has 0 radical (unpaired) electrons. The fourth-order valence-corrected chi connectivity index (χ4v) is 3.73. The van der Waals surface area contributed by atoms with Crippen LogP contribution in [0.15, 0.2) is 35.2 Å². The van der Waals surface area contributed by atoms with Gasteiger partial charge in [-0.3, -0.25) is 4.55 Å². The molecule has 0 fully saturated rings. The quantitative estimate of drug-likeness (QED) is 0.850. The molecule has 0 aromatic heterocycles. The van der Waals surface area contributed by atoms with Crippen molar-refractivity contribution in [1.29, 1.82) is 0 Å². The molecule has 4 nitrogen and oxygen atoms in total. The summed E-state index contributed by atoms with van der Waals surface area (Å²) in [6.07, 6.45) is 3.27. The van der Waals surface area contributed by atoms with Crippen molar-refractivity contribution >= 4 is 27.7 Å². The molecule has 2 aromatic carbocycles. The second-order valence-electron chi connectivity index (χ2n) is 5.04. The zero-order valence-electron chi connectivity index (χ0n) is 13.0.